The molecule has 152 valence electrons. The summed E-state index contributed by atoms with van der Waals surface area (Å²) in [6, 6.07) is 10.2. The Morgan fingerprint density at radius 2 is 1.93 bits per heavy atom. The van der Waals surface area contributed by atoms with Crippen molar-refractivity contribution in [1.82, 2.24) is 20.0 Å². The molecular weight excluding hydrogens is 354 g/mol. The fraction of sp³-hybridized carbons (Fsp3) is 0.524. The lowest BCUT2D eigenvalue weighted by molar-refractivity contribution is 0.189. The standard InChI is InChI=1S/C21H31N5O2/c1-5-28-20-9-7-6-8-19(20)24-10-12-25(13-11-24)21(27)22-17(3)15-26-18(4)14-16(2)23-26/h6-9,14,17H,5,10-13,15H2,1-4H3,(H,22,27). The molecule has 1 fully saturated rings. The Morgan fingerprint density at radius 3 is 2.57 bits per heavy atom. The number of aromatic nitrogens is 2. The number of para-hydroxylation sites is 2. The minimum absolute atomic E-state index is 0.00762. The molecule has 1 aliphatic rings. The van der Waals surface area contributed by atoms with Gasteiger partial charge in [0.25, 0.3) is 0 Å². The van der Waals surface area contributed by atoms with Gasteiger partial charge in [0.2, 0.25) is 0 Å². The van der Waals surface area contributed by atoms with Gasteiger partial charge in [-0.15, -0.1) is 0 Å². The molecule has 2 heterocycles. The summed E-state index contributed by atoms with van der Waals surface area (Å²) in [5.41, 5.74) is 3.21. The van der Waals surface area contributed by atoms with E-state index < -0.39 is 0 Å². The molecule has 3 rings (SSSR count). The number of hydrogen-bond acceptors (Lipinski definition) is 4. The predicted molar refractivity (Wildman–Crippen MR) is 111 cm³/mol. The van der Waals surface area contributed by atoms with Crippen LogP contribution in [0.5, 0.6) is 5.75 Å². The Balaban J connectivity index is 1.52. The van der Waals surface area contributed by atoms with Crippen molar-refractivity contribution >= 4 is 11.7 Å². The van der Waals surface area contributed by atoms with Crippen molar-refractivity contribution in [3.05, 3.63) is 41.7 Å². The van der Waals surface area contributed by atoms with Crippen LogP contribution in [-0.4, -0.2) is 59.5 Å². The minimum Gasteiger partial charge on any atom is -0.492 e. The second kappa shape index (κ2) is 8.99. The quantitative estimate of drug-likeness (QED) is 0.831. The molecule has 0 spiro atoms. The molecule has 0 bridgehead atoms. The molecule has 0 radical (unpaired) electrons. The SMILES string of the molecule is CCOc1ccccc1N1CCN(C(=O)NC(C)Cn2nc(C)cc2C)CC1. The molecule has 0 saturated carbocycles. The van der Waals surface area contributed by atoms with E-state index in [0.717, 1.165) is 35.9 Å². The summed E-state index contributed by atoms with van der Waals surface area (Å²) < 4.78 is 7.69. The molecular formula is C21H31N5O2. The summed E-state index contributed by atoms with van der Waals surface area (Å²) in [6.45, 7) is 12.3. The lowest BCUT2D eigenvalue weighted by Gasteiger charge is -2.37. The number of urea groups is 1. The van der Waals surface area contributed by atoms with Gasteiger partial charge in [0.1, 0.15) is 5.75 Å². The van der Waals surface area contributed by atoms with Gasteiger partial charge in [0.05, 0.1) is 24.5 Å². The van der Waals surface area contributed by atoms with Crippen LogP contribution >= 0.6 is 0 Å². The molecule has 2 amide bonds. The first kappa shape index (κ1) is 20.0. The minimum atomic E-state index is -0.00762. The van der Waals surface area contributed by atoms with E-state index in [2.05, 4.69) is 21.4 Å². The zero-order valence-electron chi connectivity index (χ0n) is 17.3. The van der Waals surface area contributed by atoms with Crippen LogP contribution in [0.4, 0.5) is 10.5 Å². The molecule has 2 aromatic rings. The van der Waals surface area contributed by atoms with Crippen LogP contribution in [0.25, 0.3) is 0 Å². The number of carbonyl (C=O) groups is 1. The largest absolute Gasteiger partial charge is 0.492 e. The zero-order chi connectivity index (χ0) is 20.1. The summed E-state index contributed by atoms with van der Waals surface area (Å²) in [7, 11) is 0. The third-order valence-electron chi connectivity index (χ3n) is 4.99. The molecule has 1 aromatic heterocycles. The van der Waals surface area contributed by atoms with Crippen molar-refractivity contribution < 1.29 is 9.53 Å². The molecule has 28 heavy (non-hydrogen) atoms. The van der Waals surface area contributed by atoms with Crippen LogP contribution in [-0.2, 0) is 6.54 Å². The molecule has 1 aliphatic heterocycles. The van der Waals surface area contributed by atoms with Crippen molar-refractivity contribution in [2.75, 3.05) is 37.7 Å². The highest BCUT2D eigenvalue weighted by Gasteiger charge is 2.24. The number of benzene rings is 1. The van der Waals surface area contributed by atoms with Crippen molar-refractivity contribution in [2.45, 2.75) is 40.3 Å². The van der Waals surface area contributed by atoms with Crippen LogP contribution in [0.2, 0.25) is 0 Å². The van der Waals surface area contributed by atoms with Gasteiger partial charge in [-0.25, -0.2) is 4.79 Å². The van der Waals surface area contributed by atoms with Gasteiger partial charge in [-0.05, 0) is 45.9 Å². The third kappa shape index (κ3) is 4.77. The van der Waals surface area contributed by atoms with Crippen LogP contribution < -0.4 is 15.0 Å². The van der Waals surface area contributed by atoms with Gasteiger partial charge >= 0.3 is 6.03 Å². The smallest absolute Gasteiger partial charge is 0.317 e. The lowest BCUT2D eigenvalue weighted by Crippen LogP contribution is -2.53. The number of anilines is 1. The van der Waals surface area contributed by atoms with E-state index in [0.29, 0.717) is 26.2 Å². The van der Waals surface area contributed by atoms with E-state index in [1.54, 1.807) is 0 Å². The topological polar surface area (TPSA) is 62.6 Å². The molecule has 1 N–H and O–H groups in total. The maximum absolute atomic E-state index is 12.6. The van der Waals surface area contributed by atoms with Gasteiger partial charge in [-0.1, -0.05) is 12.1 Å². The number of nitrogens with one attached hydrogen (secondary N) is 1. The van der Waals surface area contributed by atoms with Gasteiger partial charge in [0.15, 0.2) is 0 Å². The number of piperazine rings is 1. The number of nitrogens with zero attached hydrogens (tertiary/aromatic N) is 4. The Hall–Kier alpha value is -2.70. The monoisotopic (exact) mass is 385 g/mol. The average Bonchev–Trinajstić information content (AvgIpc) is 2.99. The fourth-order valence-electron chi connectivity index (χ4n) is 3.61. The Labute approximate surface area is 167 Å². The van der Waals surface area contributed by atoms with E-state index in [1.807, 2.05) is 61.5 Å². The van der Waals surface area contributed by atoms with Crippen LogP contribution in [0.1, 0.15) is 25.2 Å². The van der Waals surface area contributed by atoms with Gasteiger partial charge < -0.3 is 19.9 Å². The van der Waals surface area contributed by atoms with E-state index in [1.165, 1.54) is 0 Å². The summed E-state index contributed by atoms with van der Waals surface area (Å²) in [5, 5.41) is 7.57. The lowest BCUT2D eigenvalue weighted by atomic mass is 10.2. The third-order valence-corrected chi connectivity index (χ3v) is 4.99. The molecule has 7 heteroatoms. The van der Waals surface area contributed by atoms with Crippen LogP contribution in [0, 0.1) is 13.8 Å². The second-order valence-electron chi connectivity index (χ2n) is 7.33. The van der Waals surface area contributed by atoms with Crippen molar-refractivity contribution in [1.29, 1.82) is 0 Å². The first-order chi connectivity index (χ1) is 13.5. The molecule has 1 aromatic carbocycles. The number of hydrogen-bond donors (Lipinski definition) is 1. The summed E-state index contributed by atoms with van der Waals surface area (Å²) in [5.74, 6) is 0.904. The van der Waals surface area contributed by atoms with E-state index in [4.69, 9.17) is 4.74 Å². The number of aryl methyl sites for hydroxylation is 2. The average molecular weight is 386 g/mol. The number of ether oxygens (including phenoxy) is 1. The highest BCUT2D eigenvalue weighted by Crippen LogP contribution is 2.28. The van der Waals surface area contributed by atoms with E-state index in [-0.39, 0.29) is 12.1 Å². The first-order valence-corrected chi connectivity index (χ1v) is 10.0. The van der Waals surface area contributed by atoms with Crippen LogP contribution in [0.3, 0.4) is 0 Å². The fourth-order valence-corrected chi connectivity index (χ4v) is 3.61. The van der Waals surface area contributed by atoms with Gasteiger partial charge in [-0.2, -0.15) is 5.10 Å². The Morgan fingerprint density at radius 1 is 1.21 bits per heavy atom. The molecule has 1 atom stereocenters. The summed E-state index contributed by atoms with van der Waals surface area (Å²) in [6.07, 6.45) is 0. The maximum Gasteiger partial charge on any atom is 0.317 e. The molecule has 1 saturated heterocycles. The zero-order valence-corrected chi connectivity index (χ0v) is 17.3. The summed E-state index contributed by atoms with van der Waals surface area (Å²) >= 11 is 0. The number of amides is 2. The highest BCUT2D eigenvalue weighted by atomic mass is 16.5. The molecule has 1 unspecified atom stereocenters. The molecule has 7 nitrogen and oxygen atoms in total. The van der Waals surface area contributed by atoms with Gasteiger partial charge in [-0.3, -0.25) is 4.68 Å². The normalized spacial score (nSPS) is 15.4. The predicted octanol–water partition coefficient (Wildman–Crippen LogP) is 2.82. The molecule has 0 aliphatic carbocycles. The van der Waals surface area contributed by atoms with Crippen molar-refractivity contribution in [2.24, 2.45) is 0 Å². The Kier molecular flexibility index (Phi) is 6.44. The maximum atomic E-state index is 12.6. The second-order valence-corrected chi connectivity index (χ2v) is 7.33. The van der Waals surface area contributed by atoms with Crippen molar-refractivity contribution in [3.63, 3.8) is 0 Å². The summed E-state index contributed by atoms with van der Waals surface area (Å²) in [4.78, 5) is 16.8. The first-order valence-electron chi connectivity index (χ1n) is 10.0. The van der Waals surface area contributed by atoms with Gasteiger partial charge in [0, 0.05) is 37.9 Å². The highest BCUT2D eigenvalue weighted by molar-refractivity contribution is 5.75. The van der Waals surface area contributed by atoms with Crippen LogP contribution in [0.15, 0.2) is 30.3 Å². The van der Waals surface area contributed by atoms with Crippen molar-refractivity contribution in [3.8, 4) is 5.75 Å². The number of carbonyl (C=O) groups excluding carboxylic acids is 1. The van der Waals surface area contributed by atoms with E-state index >= 15 is 0 Å². The van der Waals surface area contributed by atoms with E-state index in [9.17, 15) is 4.79 Å². The Bertz CT molecular complexity index is 796. The number of rotatable bonds is 6.